The Balaban J connectivity index is 1.57. The van der Waals surface area contributed by atoms with E-state index in [4.69, 9.17) is 24.9 Å². The molecular weight excluding hydrogens is 572 g/mol. The lowest BCUT2D eigenvalue weighted by atomic mass is 9.79. The Morgan fingerprint density at radius 2 is 1.70 bits per heavy atom. The minimum atomic E-state index is -1.28. The van der Waals surface area contributed by atoms with E-state index in [1.165, 1.54) is 11.0 Å². The van der Waals surface area contributed by atoms with Gasteiger partial charge in [-0.25, -0.2) is 14.3 Å². The standard InChI is InChI=1S/C29H36N8O7/c1-3-42-27(40)29(11-7-12-29)44-24-19-8-5-6-9-21(19)32-23(22(24)25(30)38)20(10-13-37-18-31-33-34-37)26(39)35-14-16-36(17-15-35)28(41)43-4-2/h5-6,8-9,18,20H,3-4,7,10-17H2,1-2H3,(H2,30,38). The van der Waals surface area contributed by atoms with Crippen molar-refractivity contribution in [2.24, 2.45) is 5.73 Å². The van der Waals surface area contributed by atoms with E-state index in [-0.39, 0.29) is 75.3 Å². The first-order chi connectivity index (χ1) is 21.3. The molecule has 0 radical (unpaired) electrons. The molecule has 3 heterocycles. The molecule has 234 valence electrons. The lowest BCUT2D eigenvalue weighted by Crippen LogP contribution is -2.52. The number of primary amides is 1. The Morgan fingerprint density at radius 3 is 2.32 bits per heavy atom. The lowest BCUT2D eigenvalue weighted by molar-refractivity contribution is -0.169. The van der Waals surface area contributed by atoms with Gasteiger partial charge in [-0.3, -0.25) is 14.6 Å². The van der Waals surface area contributed by atoms with Crippen LogP contribution in [-0.2, 0) is 25.6 Å². The predicted octanol–water partition coefficient (Wildman–Crippen LogP) is 1.66. The summed E-state index contributed by atoms with van der Waals surface area (Å²) in [5.41, 5.74) is 5.26. The summed E-state index contributed by atoms with van der Waals surface area (Å²) in [6.07, 6.45) is 2.72. The van der Waals surface area contributed by atoms with Gasteiger partial charge in [0.1, 0.15) is 17.6 Å². The molecule has 15 nitrogen and oxygen atoms in total. The number of fused-ring (bicyclic) bond motifs is 1. The molecule has 2 aliphatic rings. The fourth-order valence-electron chi connectivity index (χ4n) is 5.57. The van der Waals surface area contributed by atoms with Gasteiger partial charge in [0.2, 0.25) is 11.5 Å². The molecule has 2 aromatic heterocycles. The number of piperazine rings is 1. The Hall–Kier alpha value is -4.82. The Labute approximate surface area is 253 Å². The van der Waals surface area contributed by atoms with Crippen molar-refractivity contribution in [1.29, 1.82) is 0 Å². The van der Waals surface area contributed by atoms with Crippen molar-refractivity contribution in [3.05, 3.63) is 41.9 Å². The third-order valence-corrected chi connectivity index (χ3v) is 8.01. The Morgan fingerprint density at radius 1 is 1.00 bits per heavy atom. The van der Waals surface area contributed by atoms with E-state index in [2.05, 4.69) is 15.5 Å². The second kappa shape index (κ2) is 13.2. The van der Waals surface area contributed by atoms with Crippen LogP contribution in [0, 0.1) is 0 Å². The minimum Gasteiger partial charge on any atom is -0.474 e. The Kier molecular flexibility index (Phi) is 9.20. The minimum absolute atomic E-state index is 0.0699. The summed E-state index contributed by atoms with van der Waals surface area (Å²) in [6.45, 7) is 5.20. The van der Waals surface area contributed by atoms with Crippen molar-refractivity contribution in [1.82, 2.24) is 35.0 Å². The van der Waals surface area contributed by atoms with E-state index in [1.54, 1.807) is 47.9 Å². The first-order valence-corrected chi connectivity index (χ1v) is 14.8. The topological polar surface area (TPSA) is 185 Å². The number of carbonyl (C=O) groups is 4. The van der Waals surface area contributed by atoms with Crippen LogP contribution in [-0.4, -0.2) is 104 Å². The molecule has 1 aromatic carbocycles. The van der Waals surface area contributed by atoms with Crippen LogP contribution in [0.5, 0.6) is 5.75 Å². The van der Waals surface area contributed by atoms with E-state index >= 15 is 0 Å². The molecular formula is C29H36N8O7. The number of hydrogen-bond donors (Lipinski definition) is 1. The number of ether oxygens (including phenoxy) is 3. The summed E-state index contributed by atoms with van der Waals surface area (Å²) >= 11 is 0. The smallest absolute Gasteiger partial charge is 0.409 e. The van der Waals surface area contributed by atoms with Crippen molar-refractivity contribution in [2.75, 3.05) is 39.4 Å². The van der Waals surface area contributed by atoms with Gasteiger partial charge in [-0.15, -0.1) is 5.10 Å². The largest absolute Gasteiger partial charge is 0.474 e. The number of para-hydroxylation sites is 1. The maximum atomic E-state index is 14.3. The summed E-state index contributed by atoms with van der Waals surface area (Å²) in [7, 11) is 0. The zero-order chi connectivity index (χ0) is 31.3. The predicted molar refractivity (Wildman–Crippen MR) is 154 cm³/mol. The zero-order valence-corrected chi connectivity index (χ0v) is 24.8. The van der Waals surface area contributed by atoms with Crippen molar-refractivity contribution in [3.63, 3.8) is 0 Å². The van der Waals surface area contributed by atoms with Gasteiger partial charge >= 0.3 is 12.1 Å². The van der Waals surface area contributed by atoms with Crippen LogP contribution in [0.25, 0.3) is 10.9 Å². The van der Waals surface area contributed by atoms with E-state index in [9.17, 15) is 19.2 Å². The number of tetrazole rings is 1. The number of carbonyl (C=O) groups excluding carboxylic acids is 4. The Bertz CT molecular complexity index is 1520. The highest BCUT2D eigenvalue weighted by Gasteiger charge is 2.49. The first-order valence-electron chi connectivity index (χ1n) is 14.8. The van der Waals surface area contributed by atoms with Crippen LogP contribution in [0.15, 0.2) is 30.6 Å². The summed E-state index contributed by atoms with van der Waals surface area (Å²) in [5, 5.41) is 11.7. The summed E-state index contributed by atoms with van der Waals surface area (Å²) in [6, 6.07) is 7.03. The van der Waals surface area contributed by atoms with E-state index < -0.39 is 29.5 Å². The molecule has 5 rings (SSSR count). The van der Waals surface area contributed by atoms with E-state index in [0.717, 1.165) is 6.42 Å². The van der Waals surface area contributed by atoms with Crippen LogP contribution in [0.2, 0.25) is 0 Å². The van der Waals surface area contributed by atoms with Crippen LogP contribution < -0.4 is 10.5 Å². The summed E-state index contributed by atoms with van der Waals surface area (Å²) in [5.74, 6) is -2.53. The maximum absolute atomic E-state index is 14.3. The van der Waals surface area contributed by atoms with Crippen molar-refractivity contribution in [2.45, 2.75) is 57.6 Å². The molecule has 15 heteroatoms. The number of nitrogens with two attached hydrogens (primary N) is 1. The van der Waals surface area contributed by atoms with Gasteiger partial charge in [-0.05, 0) is 62.1 Å². The number of amides is 3. The number of hydrogen-bond acceptors (Lipinski definition) is 11. The zero-order valence-electron chi connectivity index (χ0n) is 24.8. The number of rotatable bonds is 11. The highest BCUT2D eigenvalue weighted by molar-refractivity contribution is 6.05. The molecule has 2 N–H and O–H groups in total. The molecule has 3 aromatic rings. The average Bonchev–Trinajstić information content (AvgIpc) is 3.52. The van der Waals surface area contributed by atoms with Crippen LogP contribution in [0.4, 0.5) is 4.79 Å². The van der Waals surface area contributed by atoms with Gasteiger partial charge in [0.05, 0.1) is 30.3 Å². The fourth-order valence-corrected chi connectivity index (χ4v) is 5.57. The number of nitrogens with zero attached hydrogens (tertiary/aromatic N) is 7. The quantitative estimate of drug-likeness (QED) is 0.312. The van der Waals surface area contributed by atoms with E-state index in [0.29, 0.717) is 23.7 Å². The maximum Gasteiger partial charge on any atom is 0.409 e. The number of esters is 1. The van der Waals surface area contributed by atoms with Crippen molar-refractivity contribution in [3.8, 4) is 5.75 Å². The van der Waals surface area contributed by atoms with E-state index in [1.807, 2.05) is 0 Å². The molecule has 0 bridgehead atoms. The molecule has 1 saturated heterocycles. The number of pyridine rings is 1. The highest BCUT2D eigenvalue weighted by atomic mass is 16.6. The average molecular weight is 609 g/mol. The first kappa shape index (κ1) is 30.6. The van der Waals surface area contributed by atoms with Gasteiger partial charge in [0, 0.05) is 38.1 Å². The number of aryl methyl sites for hydroxylation is 1. The second-order valence-electron chi connectivity index (χ2n) is 10.7. The summed E-state index contributed by atoms with van der Waals surface area (Å²) < 4.78 is 18.4. The van der Waals surface area contributed by atoms with Crippen molar-refractivity contribution < 1.29 is 33.4 Å². The monoisotopic (exact) mass is 608 g/mol. The van der Waals surface area contributed by atoms with Gasteiger partial charge in [0.15, 0.2) is 0 Å². The molecule has 1 aliphatic heterocycles. The van der Waals surface area contributed by atoms with Crippen molar-refractivity contribution >= 4 is 34.8 Å². The molecule has 1 unspecified atom stereocenters. The molecule has 2 fully saturated rings. The molecule has 1 aliphatic carbocycles. The van der Waals surface area contributed by atoms with Gasteiger partial charge in [0.25, 0.3) is 5.91 Å². The lowest BCUT2D eigenvalue weighted by Gasteiger charge is -2.40. The second-order valence-corrected chi connectivity index (χ2v) is 10.7. The van der Waals surface area contributed by atoms with Crippen LogP contribution in [0.1, 0.15) is 61.5 Å². The molecule has 0 spiro atoms. The molecule has 1 atom stereocenters. The van der Waals surface area contributed by atoms with Crippen LogP contribution >= 0.6 is 0 Å². The normalized spacial score (nSPS) is 16.6. The van der Waals surface area contributed by atoms with Gasteiger partial charge in [-0.2, -0.15) is 0 Å². The SMILES string of the molecule is CCOC(=O)N1CCN(C(=O)C(CCn2cnnn2)c2nc3ccccc3c(OC3(C(=O)OCC)CCC3)c2C(N)=O)CC1. The highest BCUT2D eigenvalue weighted by Crippen LogP contribution is 2.43. The van der Waals surface area contributed by atoms with Gasteiger partial charge < -0.3 is 29.7 Å². The molecule has 1 saturated carbocycles. The fraction of sp³-hybridized carbons (Fsp3) is 0.517. The van der Waals surface area contributed by atoms with Gasteiger partial charge in [-0.1, -0.05) is 12.1 Å². The third-order valence-electron chi connectivity index (χ3n) is 8.01. The molecule has 44 heavy (non-hydrogen) atoms. The number of aromatic nitrogens is 5. The number of benzene rings is 1. The molecule has 3 amide bonds. The third kappa shape index (κ3) is 6.12. The summed E-state index contributed by atoms with van der Waals surface area (Å²) in [4.78, 5) is 60.8. The van der Waals surface area contributed by atoms with Crippen LogP contribution in [0.3, 0.4) is 0 Å².